The zero-order valence-corrected chi connectivity index (χ0v) is 19.6. The summed E-state index contributed by atoms with van der Waals surface area (Å²) in [5.74, 6) is 2.11. The first-order chi connectivity index (χ1) is 16.6. The Hall–Kier alpha value is -3.39. The summed E-state index contributed by atoms with van der Waals surface area (Å²) in [4.78, 5) is 23.2. The van der Waals surface area contributed by atoms with Crippen LogP contribution in [0.3, 0.4) is 0 Å². The van der Waals surface area contributed by atoms with Gasteiger partial charge in [-0.05, 0) is 62.8 Å². The Morgan fingerprint density at radius 2 is 2.06 bits per heavy atom. The van der Waals surface area contributed by atoms with Crippen molar-refractivity contribution in [1.82, 2.24) is 20.2 Å². The number of fused-ring (bicyclic) bond motifs is 1. The van der Waals surface area contributed by atoms with Gasteiger partial charge >= 0.3 is 0 Å². The Balaban J connectivity index is 1.39. The molecule has 1 aromatic carbocycles. The lowest BCUT2D eigenvalue weighted by atomic mass is 10.1. The average molecular weight is 463 g/mol. The first kappa shape index (κ1) is 22.4. The van der Waals surface area contributed by atoms with Crippen molar-refractivity contribution in [1.29, 1.82) is 0 Å². The summed E-state index contributed by atoms with van der Waals surface area (Å²) in [6.45, 7) is 2.81. The van der Waals surface area contributed by atoms with Crippen molar-refractivity contribution in [3.8, 4) is 28.6 Å². The Morgan fingerprint density at radius 1 is 1.15 bits per heavy atom. The number of pyridine rings is 2. The van der Waals surface area contributed by atoms with Crippen molar-refractivity contribution in [2.24, 2.45) is 5.92 Å². The molecule has 8 heteroatoms. The van der Waals surface area contributed by atoms with E-state index in [0.717, 1.165) is 40.9 Å². The van der Waals surface area contributed by atoms with Gasteiger partial charge in [-0.25, -0.2) is 4.98 Å². The van der Waals surface area contributed by atoms with Crippen LogP contribution in [0.15, 0.2) is 42.6 Å². The summed E-state index contributed by atoms with van der Waals surface area (Å²) in [6.07, 6.45) is 4.59. The highest BCUT2D eigenvalue weighted by Gasteiger charge is 2.23. The van der Waals surface area contributed by atoms with Crippen molar-refractivity contribution in [3.63, 3.8) is 0 Å². The van der Waals surface area contributed by atoms with Gasteiger partial charge in [-0.2, -0.15) is 0 Å². The fourth-order valence-electron chi connectivity index (χ4n) is 4.60. The third-order valence-corrected chi connectivity index (χ3v) is 6.64. The molecule has 5 rings (SSSR count). The highest BCUT2D eigenvalue weighted by molar-refractivity contribution is 5.87. The number of carbonyl (C=O) groups is 1. The van der Waals surface area contributed by atoms with Gasteiger partial charge in [-0.15, -0.1) is 0 Å². The first-order valence-corrected chi connectivity index (χ1v) is 11.8. The molecule has 0 radical (unpaired) electrons. The van der Waals surface area contributed by atoms with Crippen LogP contribution < -0.4 is 19.5 Å². The second kappa shape index (κ2) is 9.85. The van der Waals surface area contributed by atoms with Crippen LogP contribution in [0.5, 0.6) is 17.4 Å². The van der Waals surface area contributed by atoms with Crippen LogP contribution in [0, 0.1) is 5.92 Å². The van der Waals surface area contributed by atoms with Gasteiger partial charge in [0.15, 0.2) is 11.5 Å². The maximum Gasteiger partial charge on any atom is 0.223 e. The Morgan fingerprint density at radius 3 is 2.82 bits per heavy atom. The number of ether oxygens (including phenoxy) is 3. The highest BCUT2D eigenvalue weighted by Crippen LogP contribution is 2.35. The van der Waals surface area contributed by atoms with Crippen molar-refractivity contribution in [2.75, 3.05) is 40.5 Å². The Kier molecular flexibility index (Phi) is 6.49. The quantitative estimate of drug-likeness (QED) is 0.550. The minimum atomic E-state index is 0.0656. The lowest BCUT2D eigenvalue weighted by Gasteiger charge is -2.20. The summed E-state index contributed by atoms with van der Waals surface area (Å²) < 4.78 is 17.8. The summed E-state index contributed by atoms with van der Waals surface area (Å²) in [6, 6.07) is 12.1. The second-order valence-electron chi connectivity index (χ2n) is 9.02. The summed E-state index contributed by atoms with van der Waals surface area (Å²) in [5.41, 5.74) is 2.42. The minimum absolute atomic E-state index is 0.0656. The lowest BCUT2D eigenvalue weighted by Crippen LogP contribution is -2.30. The molecule has 0 bridgehead atoms. The summed E-state index contributed by atoms with van der Waals surface area (Å²) >= 11 is 0. The number of likely N-dealkylation sites (N-methyl/N-ethyl adjacent to an activating group) is 1. The topological polar surface area (TPSA) is 85.8 Å². The van der Waals surface area contributed by atoms with Crippen LogP contribution in [0.2, 0.25) is 0 Å². The molecule has 2 saturated heterocycles. The number of aromatic nitrogens is 2. The van der Waals surface area contributed by atoms with Gasteiger partial charge in [0.1, 0.15) is 6.61 Å². The van der Waals surface area contributed by atoms with E-state index in [9.17, 15) is 4.79 Å². The molecule has 1 N–H and O–H groups in total. The molecule has 2 aliphatic rings. The molecule has 0 aliphatic carbocycles. The molecule has 2 aliphatic heterocycles. The molecule has 2 fully saturated rings. The van der Waals surface area contributed by atoms with E-state index in [2.05, 4.69) is 22.2 Å². The van der Waals surface area contributed by atoms with E-state index < -0.39 is 0 Å². The van der Waals surface area contributed by atoms with E-state index in [1.165, 1.54) is 6.42 Å². The highest BCUT2D eigenvalue weighted by atomic mass is 16.5. The molecule has 34 heavy (non-hydrogen) atoms. The van der Waals surface area contributed by atoms with E-state index in [1.54, 1.807) is 13.3 Å². The smallest absolute Gasteiger partial charge is 0.223 e. The van der Waals surface area contributed by atoms with Gasteiger partial charge in [0, 0.05) is 36.7 Å². The predicted molar refractivity (Wildman–Crippen MR) is 129 cm³/mol. The fourth-order valence-corrected chi connectivity index (χ4v) is 4.60. The van der Waals surface area contributed by atoms with E-state index >= 15 is 0 Å². The van der Waals surface area contributed by atoms with Crippen LogP contribution in [0.4, 0.5) is 0 Å². The summed E-state index contributed by atoms with van der Waals surface area (Å²) in [5, 5.41) is 3.69. The molecular formula is C26H30N4O4. The number of nitrogens with one attached hydrogen (secondary N) is 1. The normalized spacial score (nSPS) is 20.5. The standard InChI is InChI=1S/C26H30N4O4/c1-30-10-4-5-19(30)16-33-23-8-7-18(12-24(23)32-2)21-13-22-20(6-3-9-27-22)26(29-21)34-15-17-11-25(31)28-14-17/h3,6-9,12-13,17,19H,4-5,10-11,14-16H2,1-2H3,(H,28,31). The molecule has 3 aromatic rings. The van der Waals surface area contributed by atoms with Gasteiger partial charge in [0.2, 0.25) is 11.8 Å². The van der Waals surface area contributed by atoms with Crippen molar-refractivity contribution >= 4 is 16.8 Å². The fraction of sp³-hybridized carbons (Fsp3) is 0.423. The van der Waals surface area contributed by atoms with Crippen LogP contribution in [-0.4, -0.2) is 67.3 Å². The monoisotopic (exact) mass is 462 g/mol. The SMILES string of the molecule is COc1cc(-c2cc3ncccc3c(OCC3CNC(=O)C3)n2)ccc1OCC1CCCN1C. The number of methoxy groups -OCH3 is 1. The zero-order chi connectivity index (χ0) is 23.5. The van der Waals surface area contributed by atoms with E-state index in [4.69, 9.17) is 19.2 Å². The average Bonchev–Trinajstić information content (AvgIpc) is 3.48. The minimum Gasteiger partial charge on any atom is -0.493 e. The molecular weight excluding hydrogens is 432 g/mol. The van der Waals surface area contributed by atoms with E-state index in [1.807, 2.05) is 36.4 Å². The molecule has 2 atom stereocenters. The number of nitrogens with zero attached hydrogens (tertiary/aromatic N) is 3. The van der Waals surface area contributed by atoms with Crippen LogP contribution in [0.25, 0.3) is 22.2 Å². The number of hydrogen-bond acceptors (Lipinski definition) is 7. The van der Waals surface area contributed by atoms with Gasteiger partial charge in [-0.1, -0.05) is 0 Å². The number of benzene rings is 1. The Labute approximate surface area is 199 Å². The molecule has 8 nitrogen and oxygen atoms in total. The number of rotatable bonds is 8. The molecule has 2 aromatic heterocycles. The van der Waals surface area contributed by atoms with Gasteiger partial charge in [0.25, 0.3) is 0 Å². The number of likely N-dealkylation sites (tertiary alicyclic amines) is 1. The van der Waals surface area contributed by atoms with E-state index in [-0.39, 0.29) is 11.8 Å². The van der Waals surface area contributed by atoms with Crippen LogP contribution >= 0.6 is 0 Å². The zero-order valence-electron chi connectivity index (χ0n) is 19.6. The van der Waals surface area contributed by atoms with Gasteiger partial charge < -0.3 is 24.4 Å². The maximum atomic E-state index is 11.5. The van der Waals surface area contributed by atoms with Crippen LogP contribution in [0.1, 0.15) is 19.3 Å². The second-order valence-corrected chi connectivity index (χ2v) is 9.02. The van der Waals surface area contributed by atoms with Crippen molar-refractivity contribution < 1.29 is 19.0 Å². The maximum absolute atomic E-state index is 11.5. The number of carbonyl (C=O) groups excluding carboxylic acids is 1. The lowest BCUT2D eigenvalue weighted by molar-refractivity contribution is -0.119. The van der Waals surface area contributed by atoms with Crippen molar-refractivity contribution in [2.45, 2.75) is 25.3 Å². The molecule has 178 valence electrons. The molecule has 1 amide bonds. The third kappa shape index (κ3) is 4.77. The number of hydrogen-bond donors (Lipinski definition) is 1. The predicted octanol–water partition coefficient (Wildman–Crippen LogP) is 3.29. The molecule has 0 saturated carbocycles. The van der Waals surface area contributed by atoms with Crippen LogP contribution in [-0.2, 0) is 4.79 Å². The van der Waals surface area contributed by atoms with Crippen molar-refractivity contribution in [3.05, 3.63) is 42.6 Å². The largest absolute Gasteiger partial charge is 0.493 e. The van der Waals surface area contributed by atoms with Gasteiger partial charge in [-0.3, -0.25) is 9.78 Å². The molecule has 2 unspecified atom stereocenters. The third-order valence-electron chi connectivity index (χ3n) is 6.64. The summed E-state index contributed by atoms with van der Waals surface area (Å²) in [7, 11) is 3.79. The molecule has 4 heterocycles. The Bertz CT molecular complexity index is 1180. The number of amides is 1. The first-order valence-electron chi connectivity index (χ1n) is 11.8. The van der Waals surface area contributed by atoms with Gasteiger partial charge in [0.05, 0.1) is 30.3 Å². The van der Waals surface area contributed by atoms with E-state index in [0.29, 0.717) is 43.9 Å². The molecule has 0 spiro atoms.